The molecular weight excluding hydrogens is 401 g/mol. The number of nitrogens with zero attached hydrogens (tertiary/aromatic N) is 1. The summed E-state index contributed by atoms with van der Waals surface area (Å²) >= 11 is 0. The van der Waals surface area contributed by atoms with Crippen LogP contribution < -0.4 is 5.32 Å². The van der Waals surface area contributed by atoms with Crippen molar-refractivity contribution in [2.24, 2.45) is 0 Å². The van der Waals surface area contributed by atoms with Crippen molar-refractivity contribution in [3.8, 4) is 0 Å². The maximum absolute atomic E-state index is 14.6. The van der Waals surface area contributed by atoms with Crippen molar-refractivity contribution in [1.29, 1.82) is 0 Å². The molecular formula is C17H22ClF7N2. The first-order valence-electron chi connectivity index (χ1n) is 8.48. The zero-order chi connectivity index (χ0) is 19.5. The van der Waals surface area contributed by atoms with E-state index in [1.807, 2.05) is 6.92 Å². The van der Waals surface area contributed by atoms with Gasteiger partial charge in [0.25, 0.3) is 0 Å². The highest BCUT2D eigenvalue weighted by Gasteiger charge is 2.42. The predicted molar refractivity (Wildman–Crippen MR) is 90.4 cm³/mol. The number of hydrogen-bond acceptors (Lipinski definition) is 2. The van der Waals surface area contributed by atoms with Crippen LogP contribution in [0.2, 0.25) is 0 Å². The molecule has 0 bridgehead atoms. The zero-order valence-corrected chi connectivity index (χ0v) is 15.5. The molecule has 0 unspecified atom stereocenters. The second kappa shape index (κ2) is 9.43. The van der Waals surface area contributed by atoms with Crippen LogP contribution in [0.4, 0.5) is 30.7 Å². The zero-order valence-electron chi connectivity index (χ0n) is 14.7. The van der Waals surface area contributed by atoms with Gasteiger partial charge in [0, 0.05) is 37.8 Å². The van der Waals surface area contributed by atoms with E-state index in [2.05, 4.69) is 5.32 Å². The summed E-state index contributed by atoms with van der Waals surface area (Å²) in [5.74, 6) is -1.45. The highest BCUT2D eigenvalue weighted by Crippen LogP contribution is 2.43. The minimum Gasteiger partial charge on any atom is -0.314 e. The summed E-state index contributed by atoms with van der Waals surface area (Å²) in [5, 5.41) is 3.06. The minimum absolute atomic E-state index is 0. The van der Waals surface area contributed by atoms with Crippen LogP contribution in [-0.4, -0.2) is 31.1 Å². The maximum atomic E-state index is 14.6. The Morgan fingerprint density at radius 1 is 1.04 bits per heavy atom. The summed E-state index contributed by atoms with van der Waals surface area (Å²) in [6.07, 6.45) is -8.64. The fraction of sp³-hybridized carbons (Fsp3) is 0.647. The van der Waals surface area contributed by atoms with E-state index in [1.165, 1.54) is 0 Å². The largest absolute Gasteiger partial charge is 0.416 e. The van der Waals surface area contributed by atoms with Crippen molar-refractivity contribution in [2.45, 2.75) is 44.6 Å². The molecule has 27 heavy (non-hydrogen) atoms. The quantitative estimate of drug-likeness (QED) is 0.637. The Morgan fingerprint density at radius 3 is 2.11 bits per heavy atom. The third-order valence-electron chi connectivity index (χ3n) is 4.52. The number of piperazine rings is 1. The van der Waals surface area contributed by atoms with Gasteiger partial charge in [0.15, 0.2) is 0 Å². The molecule has 1 aromatic rings. The first kappa shape index (κ1) is 24.0. The van der Waals surface area contributed by atoms with E-state index in [9.17, 15) is 30.7 Å². The topological polar surface area (TPSA) is 15.3 Å². The molecule has 0 spiro atoms. The van der Waals surface area contributed by atoms with Crippen molar-refractivity contribution in [3.63, 3.8) is 0 Å². The standard InChI is InChI=1S/C17H21F7N2.ClH/c1-2-3-4-14(26-7-5-25-6-8-26)15-12(17(22,23)24)9-11(10-13(15)18)16(19,20)21;/h9-10,14,25H,2-8H2,1H3;1H/t14-;/m0./s1. The second-order valence-electron chi connectivity index (χ2n) is 6.36. The third-order valence-corrected chi connectivity index (χ3v) is 4.52. The number of hydrogen-bond donors (Lipinski definition) is 1. The Morgan fingerprint density at radius 2 is 1.63 bits per heavy atom. The summed E-state index contributed by atoms with van der Waals surface area (Å²) in [4.78, 5) is 1.72. The highest BCUT2D eigenvalue weighted by atomic mass is 35.5. The number of alkyl halides is 6. The lowest BCUT2D eigenvalue weighted by molar-refractivity contribution is -0.144. The van der Waals surface area contributed by atoms with Crippen LogP contribution in [0.5, 0.6) is 0 Å². The molecule has 1 aliphatic rings. The van der Waals surface area contributed by atoms with E-state index in [-0.39, 0.29) is 31.0 Å². The number of nitrogens with one attached hydrogen (secondary N) is 1. The highest BCUT2D eigenvalue weighted by molar-refractivity contribution is 5.85. The lowest BCUT2D eigenvalue weighted by atomic mass is 9.91. The molecule has 1 N–H and O–H groups in total. The molecule has 156 valence electrons. The van der Waals surface area contributed by atoms with Gasteiger partial charge in [-0.15, -0.1) is 12.4 Å². The summed E-state index contributed by atoms with van der Waals surface area (Å²) in [7, 11) is 0. The number of benzene rings is 1. The van der Waals surface area contributed by atoms with E-state index in [0.717, 1.165) is 0 Å². The molecule has 1 aliphatic heterocycles. The van der Waals surface area contributed by atoms with E-state index < -0.39 is 40.9 Å². The van der Waals surface area contributed by atoms with Gasteiger partial charge >= 0.3 is 12.4 Å². The molecule has 0 radical (unpaired) electrons. The smallest absolute Gasteiger partial charge is 0.314 e. The number of unbranched alkanes of at least 4 members (excludes halogenated alkanes) is 1. The van der Waals surface area contributed by atoms with Crippen molar-refractivity contribution in [1.82, 2.24) is 10.2 Å². The fourth-order valence-corrected chi connectivity index (χ4v) is 3.26. The fourth-order valence-electron chi connectivity index (χ4n) is 3.26. The van der Waals surface area contributed by atoms with Crippen LogP contribution in [0.15, 0.2) is 12.1 Å². The Bertz CT molecular complexity index is 611. The lowest BCUT2D eigenvalue weighted by Gasteiger charge is -2.36. The Labute approximate surface area is 159 Å². The molecule has 0 aromatic heterocycles. The molecule has 1 saturated heterocycles. The van der Waals surface area contributed by atoms with Crippen LogP contribution >= 0.6 is 12.4 Å². The van der Waals surface area contributed by atoms with Crippen LogP contribution in [0.1, 0.15) is 48.9 Å². The Kier molecular flexibility index (Phi) is 8.37. The first-order chi connectivity index (χ1) is 12.1. The molecule has 0 aliphatic carbocycles. The van der Waals surface area contributed by atoms with Gasteiger partial charge in [-0.3, -0.25) is 4.90 Å². The van der Waals surface area contributed by atoms with Crippen molar-refractivity contribution < 1.29 is 30.7 Å². The molecule has 1 heterocycles. The van der Waals surface area contributed by atoms with E-state index >= 15 is 0 Å². The van der Waals surface area contributed by atoms with Gasteiger partial charge in [-0.1, -0.05) is 19.8 Å². The third kappa shape index (κ3) is 5.96. The summed E-state index contributed by atoms with van der Waals surface area (Å²) in [5.41, 5.74) is -3.84. The SMILES string of the molecule is CCCC[C@@H](c1c(F)cc(C(F)(F)F)cc1C(F)(F)F)N1CCNCC1.Cl. The first-order valence-corrected chi connectivity index (χ1v) is 8.48. The maximum Gasteiger partial charge on any atom is 0.416 e. The molecule has 1 fully saturated rings. The average Bonchev–Trinajstić information content (AvgIpc) is 2.55. The predicted octanol–water partition coefficient (Wildman–Crippen LogP) is 5.42. The second-order valence-corrected chi connectivity index (χ2v) is 6.36. The van der Waals surface area contributed by atoms with Gasteiger partial charge in [-0.05, 0) is 18.6 Å². The summed E-state index contributed by atoms with van der Waals surface area (Å²) in [6, 6.07) is -0.707. The van der Waals surface area contributed by atoms with Gasteiger partial charge in [-0.25, -0.2) is 4.39 Å². The molecule has 0 amide bonds. The van der Waals surface area contributed by atoms with Crippen LogP contribution in [0.25, 0.3) is 0 Å². The van der Waals surface area contributed by atoms with Gasteiger partial charge in [0.1, 0.15) is 5.82 Å². The minimum atomic E-state index is -5.07. The Balaban J connectivity index is 0.00000364. The van der Waals surface area contributed by atoms with Crippen LogP contribution in [0.3, 0.4) is 0 Å². The van der Waals surface area contributed by atoms with E-state index in [1.54, 1.807) is 4.90 Å². The molecule has 10 heteroatoms. The summed E-state index contributed by atoms with van der Waals surface area (Å²) in [6.45, 7) is 3.74. The van der Waals surface area contributed by atoms with Gasteiger partial charge in [0.2, 0.25) is 0 Å². The van der Waals surface area contributed by atoms with Crippen molar-refractivity contribution >= 4 is 12.4 Å². The monoisotopic (exact) mass is 422 g/mol. The van der Waals surface area contributed by atoms with Crippen LogP contribution in [0, 0.1) is 5.82 Å². The van der Waals surface area contributed by atoms with E-state index in [4.69, 9.17) is 0 Å². The molecule has 2 nitrogen and oxygen atoms in total. The average molecular weight is 423 g/mol. The molecule has 0 saturated carbocycles. The number of rotatable bonds is 5. The summed E-state index contributed by atoms with van der Waals surface area (Å²) < 4.78 is 93.6. The molecule has 1 atom stereocenters. The van der Waals surface area contributed by atoms with E-state index in [0.29, 0.717) is 39.0 Å². The molecule has 1 aromatic carbocycles. The Hall–Kier alpha value is -1.06. The molecule has 2 rings (SSSR count). The van der Waals surface area contributed by atoms with Gasteiger partial charge < -0.3 is 5.32 Å². The normalized spacial score (nSPS) is 17.5. The van der Waals surface area contributed by atoms with Gasteiger partial charge in [-0.2, -0.15) is 26.3 Å². The van der Waals surface area contributed by atoms with Gasteiger partial charge in [0.05, 0.1) is 11.1 Å². The number of halogens is 8. The lowest BCUT2D eigenvalue weighted by Crippen LogP contribution is -2.45. The van der Waals surface area contributed by atoms with Crippen LogP contribution in [-0.2, 0) is 12.4 Å². The van der Waals surface area contributed by atoms with Crippen molar-refractivity contribution in [2.75, 3.05) is 26.2 Å². The van der Waals surface area contributed by atoms with Crippen molar-refractivity contribution in [3.05, 3.63) is 34.6 Å².